The van der Waals surface area contributed by atoms with Crippen molar-refractivity contribution in [1.82, 2.24) is 30.4 Å². The molecular formula is C22H24N6O2S. The van der Waals surface area contributed by atoms with E-state index in [0.717, 1.165) is 48.4 Å². The molecule has 4 rings (SSSR count). The van der Waals surface area contributed by atoms with E-state index >= 15 is 0 Å². The molecule has 0 saturated carbocycles. The first-order chi connectivity index (χ1) is 15.3. The molecule has 0 unspecified atom stereocenters. The molecule has 2 aromatic carbocycles. The summed E-state index contributed by atoms with van der Waals surface area (Å²) in [6.07, 6.45) is 3.09. The van der Waals surface area contributed by atoms with E-state index < -0.39 is 0 Å². The molecule has 160 valence electrons. The number of unbranched alkanes of at least 4 members (excludes halogenated alkanes) is 2. The summed E-state index contributed by atoms with van der Waals surface area (Å²) in [6.45, 7) is 3.29. The largest absolute Gasteiger partial charge is 0.493 e. The van der Waals surface area contributed by atoms with Crippen LogP contribution in [-0.4, -0.2) is 42.8 Å². The van der Waals surface area contributed by atoms with Gasteiger partial charge >= 0.3 is 0 Å². The zero-order valence-electron chi connectivity index (χ0n) is 17.3. The summed E-state index contributed by atoms with van der Waals surface area (Å²) in [5.74, 6) is 2.81. The molecule has 0 radical (unpaired) electrons. The Bertz CT molecular complexity index is 1080. The second-order valence-electron chi connectivity index (χ2n) is 6.79. The van der Waals surface area contributed by atoms with Gasteiger partial charge < -0.3 is 9.15 Å². The van der Waals surface area contributed by atoms with Gasteiger partial charge in [0.05, 0.1) is 18.7 Å². The number of aromatic nitrogens is 6. The molecule has 0 aliphatic heterocycles. The Balaban J connectivity index is 1.19. The average Bonchev–Trinajstić information content (AvgIpc) is 3.47. The monoisotopic (exact) mass is 436 g/mol. The van der Waals surface area contributed by atoms with Crippen molar-refractivity contribution < 1.29 is 9.15 Å². The van der Waals surface area contributed by atoms with Gasteiger partial charge in [-0.25, -0.2) is 0 Å². The Hall–Kier alpha value is -3.20. The van der Waals surface area contributed by atoms with Crippen molar-refractivity contribution in [2.75, 3.05) is 12.4 Å². The van der Waals surface area contributed by atoms with Gasteiger partial charge in [0.1, 0.15) is 5.75 Å². The zero-order valence-corrected chi connectivity index (χ0v) is 18.2. The molecule has 0 N–H and O–H groups in total. The fourth-order valence-electron chi connectivity index (χ4n) is 3.03. The SMILES string of the molecule is CCOc1ccccc1-c1nnc(SCCCCCn2nnc(-c3ccccc3)n2)o1. The number of thioether (sulfide) groups is 1. The summed E-state index contributed by atoms with van der Waals surface area (Å²) in [5.41, 5.74) is 1.80. The highest BCUT2D eigenvalue weighted by atomic mass is 32.2. The minimum Gasteiger partial charge on any atom is -0.493 e. The number of para-hydroxylation sites is 1. The molecule has 2 aromatic heterocycles. The molecule has 0 atom stereocenters. The maximum atomic E-state index is 5.81. The summed E-state index contributed by atoms with van der Waals surface area (Å²) >= 11 is 1.57. The number of aryl methyl sites for hydroxylation is 1. The van der Waals surface area contributed by atoms with Gasteiger partial charge in [-0.05, 0) is 37.1 Å². The van der Waals surface area contributed by atoms with Crippen molar-refractivity contribution in [2.24, 2.45) is 0 Å². The molecule has 0 aliphatic rings. The fraction of sp³-hybridized carbons (Fsp3) is 0.318. The van der Waals surface area contributed by atoms with Crippen LogP contribution in [0.15, 0.2) is 64.2 Å². The van der Waals surface area contributed by atoms with Crippen molar-refractivity contribution in [3.8, 4) is 28.6 Å². The summed E-state index contributed by atoms with van der Waals surface area (Å²) in [7, 11) is 0. The van der Waals surface area contributed by atoms with Gasteiger partial charge in [0.25, 0.3) is 11.1 Å². The lowest BCUT2D eigenvalue weighted by Crippen LogP contribution is -2.02. The van der Waals surface area contributed by atoms with Crippen molar-refractivity contribution in [3.63, 3.8) is 0 Å². The number of hydrogen-bond donors (Lipinski definition) is 0. The highest BCUT2D eigenvalue weighted by molar-refractivity contribution is 7.99. The quantitative estimate of drug-likeness (QED) is 0.246. The van der Waals surface area contributed by atoms with Crippen LogP contribution >= 0.6 is 11.8 Å². The predicted octanol–water partition coefficient (Wildman–Crippen LogP) is 4.75. The summed E-state index contributed by atoms with van der Waals surface area (Å²) in [6, 6.07) is 17.6. The van der Waals surface area contributed by atoms with E-state index in [0.29, 0.717) is 23.5 Å². The lowest BCUT2D eigenvalue weighted by Gasteiger charge is -2.06. The Morgan fingerprint density at radius 3 is 2.65 bits per heavy atom. The minimum atomic E-state index is 0.484. The Labute approximate surface area is 185 Å². The zero-order chi connectivity index (χ0) is 21.3. The van der Waals surface area contributed by atoms with E-state index in [4.69, 9.17) is 9.15 Å². The normalized spacial score (nSPS) is 11.0. The highest BCUT2D eigenvalue weighted by Crippen LogP contribution is 2.30. The molecule has 9 heteroatoms. The summed E-state index contributed by atoms with van der Waals surface area (Å²) in [4.78, 5) is 1.66. The molecule has 0 amide bonds. The van der Waals surface area contributed by atoms with E-state index in [9.17, 15) is 0 Å². The van der Waals surface area contributed by atoms with Gasteiger partial charge in [0.2, 0.25) is 5.82 Å². The molecule has 0 bridgehead atoms. The van der Waals surface area contributed by atoms with Gasteiger partial charge in [-0.15, -0.1) is 20.4 Å². The smallest absolute Gasteiger partial charge is 0.276 e. The Morgan fingerprint density at radius 2 is 1.77 bits per heavy atom. The molecule has 0 spiro atoms. The van der Waals surface area contributed by atoms with Crippen molar-refractivity contribution >= 4 is 11.8 Å². The highest BCUT2D eigenvalue weighted by Gasteiger charge is 2.13. The van der Waals surface area contributed by atoms with E-state index in [1.807, 2.05) is 61.5 Å². The van der Waals surface area contributed by atoms with Gasteiger partial charge in [-0.1, -0.05) is 60.6 Å². The maximum Gasteiger partial charge on any atom is 0.276 e. The molecule has 2 heterocycles. The van der Waals surface area contributed by atoms with Crippen LogP contribution in [0.3, 0.4) is 0 Å². The maximum absolute atomic E-state index is 5.81. The first-order valence-corrected chi connectivity index (χ1v) is 11.3. The third-order valence-corrected chi connectivity index (χ3v) is 5.44. The van der Waals surface area contributed by atoms with Crippen LogP contribution in [0.25, 0.3) is 22.8 Å². The fourth-order valence-corrected chi connectivity index (χ4v) is 3.79. The van der Waals surface area contributed by atoms with Crippen LogP contribution in [0, 0.1) is 0 Å². The first-order valence-electron chi connectivity index (χ1n) is 10.3. The Morgan fingerprint density at radius 1 is 0.935 bits per heavy atom. The molecule has 0 aliphatic carbocycles. The molecular weight excluding hydrogens is 412 g/mol. The molecule has 31 heavy (non-hydrogen) atoms. The number of benzene rings is 2. The predicted molar refractivity (Wildman–Crippen MR) is 119 cm³/mol. The second-order valence-corrected chi connectivity index (χ2v) is 7.83. The van der Waals surface area contributed by atoms with Crippen LogP contribution < -0.4 is 4.74 Å². The first kappa shape index (κ1) is 21.0. The molecule has 0 saturated heterocycles. The minimum absolute atomic E-state index is 0.484. The number of ether oxygens (including phenoxy) is 1. The lowest BCUT2D eigenvalue weighted by atomic mass is 10.2. The van der Waals surface area contributed by atoms with Crippen molar-refractivity contribution in [3.05, 3.63) is 54.6 Å². The van der Waals surface area contributed by atoms with Crippen LogP contribution in [-0.2, 0) is 6.54 Å². The number of hydrogen-bond acceptors (Lipinski definition) is 8. The van der Waals surface area contributed by atoms with Gasteiger partial charge in [0, 0.05) is 11.3 Å². The molecule has 8 nitrogen and oxygen atoms in total. The summed E-state index contributed by atoms with van der Waals surface area (Å²) < 4.78 is 11.4. The number of rotatable bonds is 11. The second kappa shape index (κ2) is 10.7. The topological polar surface area (TPSA) is 91.8 Å². The average molecular weight is 437 g/mol. The van der Waals surface area contributed by atoms with E-state index in [2.05, 4.69) is 25.6 Å². The third kappa shape index (κ3) is 5.69. The number of nitrogens with zero attached hydrogens (tertiary/aromatic N) is 6. The van der Waals surface area contributed by atoms with Crippen LogP contribution in [0.5, 0.6) is 5.75 Å². The Kier molecular flexibility index (Phi) is 7.28. The van der Waals surface area contributed by atoms with E-state index in [1.165, 1.54) is 0 Å². The van der Waals surface area contributed by atoms with Crippen LogP contribution in [0.1, 0.15) is 26.2 Å². The van der Waals surface area contributed by atoms with Crippen molar-refractivity contribution in [2.45, 2.75) is 38.0 Å². The molecule has 0 fully saturated rings. The molecule has 4 aromatic rings. The number of tetrazole rings is 1. The van der Waals surface area contributed by atoms with Crippen LogP contribution in [0.4, 0.5) is 0 Å². The van der Waals surface area contributed by atoms with E-state index in [1.54, 1.807) is 16.6 Å². The lowest BCUT2D eigenvalue weighted by molar-refractivity contribution is 0.340. The van der Waals surface area contributed by atoms with Crippen LogP contribution in [0.2, 0.25) is 0 Å². The summed E-state index contributed by atoms with van der Waals surface area (Å²) in [5, 5.41) is 21.6. The third-order valence-electron chi connectivity index (χ3n) is 4.54. The van der Waals surface area contributed by atoms with Gasteiger partial charge in [0.15, 0.2) is 0 Å². The van der Waals surface area contributed by atoms with E-state index in [-0.39, 0.29) is 0 Å². The van der Waals surface area contributed by atoms with Gasteiger partial charge in [-0.2, -0.15) is 4.80 Å². The van der Waals surface area contributed by atoms with Gasteiger partial charge in [-0.3, -0.25) is 0 Å². The van der Waals surface area contributed by atoms with Crippen molar-refractivity contribution in [1.29, 1.82) is 0 Å². The standard InChI is InChI=1S/C22H24N6O2S/c1-2-29-19-14-8-7-13-18(19)21-24-25-22(30-21)31-16-10-4-9-15-28-26-20(23-27-28)17-11-5-3-6-12-17/h3,5-8,11-14H,2,4,9-10,15-16H2,1H3.